The maximum absolute atomic E-state index is 11.2. The normalized spacial score (nSPS) is 10.8. The minimum Gasteiger partial charge on any atom is -0.494 e. The van der Waals surface area contributed by atoms with Gasteiger partial charge in [-0.2, -0.15) is 5.10 Å². The van der Waals surface area contributed by atoms with Crippen molar-refractivity contribution in [3.05, 3.63) is 41.7 Å². The standard InChI is InChI=1S/C15H18N2O3/c1-4-20-12-7-5-11(6-8-12)17-14(10(2)3)13(9-16-17)15(18)19/h5-10H,4H2,1-3H3,(H,18,19). The van der Waals surface area contributed by atoms with Gasteiger partial charge in [-0.1, -0.05) is 13.8 Å². The smallest absolute Gasteiger partial charge is 0.339 e. The Balaban J connectivity index is 2.44. The number of carboxylic acids is 1. The molecule has 1 aromatic heterocycles. The van der Waals surface area contributed by atoms with E-state index in [-0.39, 0.29) is 11.5 Å². The van der Waals surface area contributed by atoms with Crippen LogP contribution in [0, 0.1) is 0 Å². The van der Waals surface area contributed by atoms with Crippen molar-refractivity contribution in [3.8, 4) is 11.4 Å². The van der Waals surface area contributed by atoms with Crippen molar-refractivity contribution in [2.75, 3.05) is 6.61 Å². The molecule has 0 radical (unpaired) electrons. The summed E-state index contributed by atoms with van der Waals surface area (Å²) < 4.78 is 7.06. The molecule has 2 rings (SSSR count). The third-order valence-corrected chi connectivity index (χ3v) is 2.98. The predicted molar refractivity (Wildman–Crippen MR) is 75.8 cm³/mol. The second-order valence-corrected chi connectivity index (χ2v) is 4.74. The van der Waals surface area contributed by atoms with E-state index in [0.29, 0.717) is 12.3 Å². The van der Waals surface area contributed by atoms with Gasteiger partial charge in [0.1, 0.15) is 11.3 Å². The molecule has 0 unspecified atom stereocenters. The van der Waals surface area contributed by atoms with Gasteiger partial charge in [0.2, 0.25) is 0 Å². The van der Waals surface area contributed by atoms with Crippen molar-refractivity contribution in [2.45, 2.75) is 26.7 Å². The van der Waals surface area contributed by atoms with Crippen molar-refractivity contribution in [1.29, 1.82) is 0 Å². The number of rotatable bonds is 5. The summed E-state index contributed by atoms with van der Waals surface area (Å²) in [6.45, 7) is 6.45. The van der Waals surface area contributed by atoms with E-state index in [2.05, 4.69) is 5.10 Å². The van der Waals surface area contributed by atoms with Crippen molar-refractivity contribution in [1.82, 2.24) is 9.78 Å². The van der Waals surface area contributed by atoms with E-state index < -0.39 is 5.97 Å². The van der Waals surface area contributed by atoms with E-state index in [1.165, 1.54) is 6.20 Å². The zero-order valence-electron chi connectivity index (χ0n) is 11.8. The molecular formula is C15H18N2O3. The van der Waals surface area contributed by atoms with Gasteiger partial charge in [0.15, 0.2) is 0 Å². The van der Waals surface area contributed by atoms with E-state index in [1.807, 2.05) is 45.0 Å². The monoisotopic (exact) mass is 274 g/mol. The summed E-state index contributed by atoms with van der Waals surface area (Å²) in [4.78, 5) is 11.2. The maximum Gasteiger partial charge on any atom is 0.339 e. The third-order valence-electron chi connectivity index (χ3n) is 2.98. The van der Waals surface area contributed by atoms with Crippen molar-refractivity contribution >= 4 is 5.97 Å². The Labute approximate surface area is 117 Å². The number of carbonyl (C=O) groups is 1. The van der Waals surface area contributed by atoms with Crippen molar-refractivity contribution < 1.29 is 14.6 Å². The SMILES string of the molecule is CCOc1ccc(-n2ncc(C(=O)O)c2C(C)C)cc1. The zero-order chi connectivity index (χ0) is 14.7. The van der Waals surface area contributed by atoms with Crippen LogP contribution in [-0.4, -0.2) is 27.5 Å². The highest BCUT2D eigenvalue weighted by molar-refractivity contribution is 5.89. The highest BCUT2D eigenvalue weighted by Gasteiger charge is 2.20. The van der Waals surface area contributed by atoms with Crippen LogP contribution in [0.1, 0.15) is 42.7 Å². The Hall–Kier alpha value is -2.30. The lowest BCUT2D eigenvalue weighted by Gasteiger charge is -2.12. The summed E-state index contributed by atoms with van der Waals surface area (Å²) in [6.07, 6.45) is 1.40. The fourth-order valence-corrected chi connectivity index (χ4v) is 2.13. The van der Waals surface area contributed by atoms with Gasteiger partial charge in [-0.15, -0.1) is 0 Å². The van der Waals surface area contributed by atoms with Gasteiger partial charge >= 0.3 is 5.97 Å². The molecule has 0 aliphatic carbocycles. The van der Waals surface area contributed by atoms with Crippen molar-refractivity contribution in [3.63, 3.8) is 0 Å². The number of aromatic nitrogens is 2. The van der Waals surface area contributed by atoms with Gasteiger partial charge in [0.25, 0.3) is 0 Å². The number of ether oxygens (including phenoxy) is 1. The van der Waals surface area contributed by atoms with Crippen LogP contribution in [0.25, 0.3) is 5.69 Å². The third kappa shape index (κ3) is 2.66. The molecule has 0 bridgehead atoms. The van der Waals surface area contributed by atoms with Gasteiger partial charge in [-0.3, -0.25) is 0 Å². The first-order chi connectivity index (χ1) is 9.54. The minimum atomic E-state index is -0.953. The van der Waals surface area contributed by atoms with E-state index in [1.54, 1.807) is 4.68 Å². The summed E-state index contributed by atoms with van der Waals surface area (Å²) in [5.74, 6) is -0.103. The molecular weight excluding hydrogens is 256 g/mol. The maximum atomic E-state index is 11.2. The van der Waals surface area contributed by atoms with Crippen molar-refractivity contribution in [2.24, 2.45) is 0 Å². The number of benzene rings is 1. The fourth-order valence-electron chi connectivity index (χ4n) is 2.13. The van der Waals surface area contributed by atoms with Gasteiger partial charge in [-0.25, -0.2) is 9.48 Å². The van der Waals surface area contributed by atoms with E-state index >= 15 is 0 Å². The van der Waals surface area contributed by atoms with Crippen LogP contribution in [0.4, 0.5) is 0 Å². The van der Waals surface area contributed by atoms with E-state index in [9.17, 15) is 9.90 Å². The molecule has 1 N–H and O–H groups in total. The first kappa shape index (κ1) is 14.1. The average molecular weight is 274 g/mol. The Morgan fingerprint density at radius 2 is 2.00 bits per heavy atom. The van der Waals surface area contributed by atoms with Gasteiger partial charge in [0, 0.05) is 0 Å². The first-order valence-electron chi connectivity index (χ1n) is 6.59. The molecule has 0 aliphatic heterocycles. The van der Waals surface area contributed by atoms with Crippen LogP contribution in [-0.2, 0) is 0 Å². The molecule has 0 fully saturated rings. The van der Waals surface area contributed by atoms with Crippen LogP contribution < -0.4 is 4.74 Å². The molecule has 0 atom stereocenters. The zero-order valence-corrected chi connectivity index (χ0v) is 11.8. The van der Waals surface area contributed by atoms with Gasteiger partial charge < -0.3 is 9.84 Å². The largest absolute Gasteiger partial charge is 0.494 e. The Bertz CT molecular complexity index is 600. The summed E-state index contributed by atoms with van der Waals surface area (Å²) in [6, 6.07) is 7.45. The van der Waals surface area contributed by atoms with E-state index in [4.69, 9.17) is 4.74 Å². The van der Waals surface area contributed by atoms with Crippen LogP contribution in [0.2, 0.25) is 0 Å². The predicted octanol–water partition coefficient (Wildman–Crippen LogP) is 3.09. The Kier molecular flexibility index (Phi) is 4.08. The molecule has 20 heavy (non-hydrogen) atoms. The molecule has 106 valence electrons. The van der Waals surface area contributed by atoms with Crippen LogP contribution in [0.3, 0.4) is 0 Å². The molecule has 0 spiro atoms. The quantitative estimate of drug-likeness (QED) is 0.910. The average Bonchev–Trinajstić information content (AvgIpc) is 2.85. The summed E-state index contributed by atoms with van der Waals surface area (Å²) in [5, 5.41) is 13.4. The molecule has 0 saturated heterocycles. The number of hydrogen-bond donors (Lipinski definition) is 1. The first-order valence-corrected chi connectivity index (χ1v) is 6.59. The number of aromatic carboxylic acids is 1. The summed E-state index contributed by atoms with van der Waals surface area (Å²) in [7, 11) is 0. The van der Waals surface area contributed by atoms with Crippen LogP contribution in [0.5, 0.6) is 5.75 Å². The number of carboxylic acid groups (broad SMARTS) is 1. The minimum absolute atomic E-state index is 0.0650. The molecule has 5 heteroatoms. The van der Waals surface area contributed by atoms with Gasteiger partial charge in [-0.05, 0) is 37.1 Å². The molecule has 0 saturated carbocycles. The molecule has 1 aromatic carbocycles. The second kappa shape index (κ2) is 5.77. The molecule has 5 nitrogen and oxygen atoms in total. The lowest BCUT2D eigenvalue weighted by molar-refractivity contribution is 0.0695. The molecule has 0 aliphatic rings. The second-order valence-electron chi connectivity index (χ2n) is 4.74. The summed E-state index contributed by atoms with van der Waals surface area (Å²) in [5.41, 5.74) is 1.76. The topological polar surface area (TPSA) is 64.4 Å². The Morgan fingerprint density at radius 1 is 1.35 bits per heavy atom. The lowest BCUT2D eigenvalue weighted by Crippen LogP contribution is -2.08. The number of nitrogens with zero attached hydrogens (tertiary/aromatic N) is 2. The Morgan fingerprint density at radius 3 is 2.50 bits per heavy atom. The molecule has 1 heterocycles. The molecule has 0 amide bonds. The highest BCUT2D eigenvalue weighted by atomic mass is 16.5. The number of hydrogen-bond acceptors (Lipinski definition) is 3. The summed E-state index contributed by atoms with van der Waals surface area (Å²) >= 11 is 0. The highest BCUT2D eigenvalue weighted by Crippen LogP contribution is 2.24. The lowest BCUT2D eigenvalue weighted by atomic mass is 10.1. The fraction of sp³-hybridized carbons (Fsp3) is 0.333. The van der Waals surface area contributed by atoms with E-state index in [0.717, 1.165) is 11.4 Å². The van der Waals surface area contributed by atoms with Gasteiger partial charge in [0.05, 0.1) is 24.2 Å². The van der Waals surface area contributed by atoms with Crippen LogP contribution in [0.15, 0.2) is 30.5 Å². The van der Waals surface area contributed by atoms with Crippen LogP contribution >= 0.6 is 0 Å². The molecule has 2 aromatic rings.